The van der Waals surface area contributed by atoms with Crippen molar-refractivity contribution in [3.05, 3.63) is 48.6 Å². The van der Waals surface area contributed by atoms with Crippen LogP contribution in [0.25, 0.3) is 12.2 Å². The lowest BCUT2D eigenvalue weighted by Crippen LogP contribution is -2.44. The predicted molar refractivity (Wildman–Crippen MR) is 107 cm³/mol. The van der Waals surface area contributed by atoms with Crippen LogP contribution in [-0.2, 0) is 9.53 Å². The molecule has 5 nitrogen and oxygen atoms in total. The molecule has 0 unspecified atom stereocenters. The Kier molecular flexibility index (Phi) is 10.0. The Bertz CT molecular complexity index is 588. The molecule has 0 aliphatic carbocycles. The summed E-state index contributed by atoms with van der Waals surface area (Å²) in [6, 6.07) is 7.12. The predicted octanol–water partition coefficient (Wildman–Crippen LogP) is 4.98. The largest absolute Gasteiger partial charge is 0.480 e. The molecule has 0 saturated carbocycles. The maximum absolute atomic E-state index is 11.4. The van der Waals surface area contributed by atoms with Crippen molar-refractivity contribution in [2.75, 3.05) is 0 Å². The van der Waals surface area contributed by atoms with Crippen molar-refractivity contribution >= 4 is 24.2 Å². The number of carboxylic acids is 1. The normalized spacial score (nSPS) is 11.6. The molecule has 0 radical (unpaired) electrons. The van der Waals surface area contributed by atoms with Crippen molar-refractivity contribution in [3.8, 4) is 0 Å². The van der Waals surface area contributed by atoms with Crippen LogP contribution < -0.4 is 5.32 Å². The topological polar surface area (TPSA) is 75.6 Å². The highest BCUT2D eigenvalue weighted by Gasteiger charge is 2.24. The zero-order valence-corrected chi connectivity index (χ0v) is 16.4. The van der Waals surface area contributed by atoms with Crippen molar-refractivity contribution in [1.29, 1.82) is 0 Å². The first-order chi connectivity index (χ1) is 12.0. The molecule has 0 aromatic heterocycles. The van der Waals surface area contributed by atoms with Gasteiger partial charge < -0.3 is 15.2 Å². The zero-order chi connectivity index (χ0) is 20.3. The third-order valence-electron chi connectivity index (χ3n) is 3.13. The van der Waals surface area contributed by atoms with Crippen LogP contribution in [0, 0.1) is 5.92 Å². The minimum atomic E-state index is -1.04. The molecule has 144 valence electrons. The number of carboxylic acid groups (broad SMARTS) is 1. The standard InChI is InChI=1S/C11H21NO4.C10H10/c1-7(2)6-8(9(13)14)12-10(15)16-11(3,4)5;1-3-9-7-5-6-8-10(9)4-2/h7-8H,6H2,1-5H3,(H,12,15)(H,13,14);3-8H,1-2H2/t8-;/m0./s1. The molecule has 0 aliphatic rings. The Morgan fingerprint density at radius 3 is 1.92 bits per heavy atom. The van der Waals surface area contributed by atoms with Gasteiger partial charge in [0.2, 0.25) is 0 Å². The van der Waals surface area contributed by atoms with Gasteiger partial charge in [0.1, 0.15) is 11.6 Å². The minimum Gasteiger partial charge on any atom is -0.480 e. The summed E-state index contributed by atoms with van der Waals surface area (Å²) in [5.74, 6) is -0.851. The molecule has 1 amide bonds. The summed E-state index contributed by atoms with van der Waals surface area (Å²) < 4.78 is 4.99. The highest BCUT2D eigenvalue weighted by Crippen LogP contribution is 2.10. The summed E-state index contributed by atoms with van der Waals surface area (Å²) in [6.45, 7) is 16.4. The van der Waals surface area contributed by atoms with E-state index < -0.39 is 23.7 Å². The second-order valence-corrected chi connectivity index (χ2v) is 7.20. The van der Waals surface area contributed by atoms with Gasteiger partial charge in [-0.05, 0) is 44.2 Å². The summed E-state index contributed by atoms with van der Waals surface area (Å²) in [6.07, 6.45) is 3.35. The Labute approximate surface area is 156 Å². The summed E-state index contributed by atoms with van der Waals surface area (Å²) in [5.41, 5.74) is 1.65. The van der Waals surface area contributed by atoms with E-state index in [0.29, 0.717) is 6.42 Å². The quantitative estimate of drug-likeness (QED) is 0.749. The summed E-state index contributed by atoms with van der Waals surface area (Å²) in [5, 5.41) is 11.2. The summed E-state index contributed by atoms with van der Waals surface area (Å²) in [4.78, 5) is 22.2. The second kappa shape index (κ2) is 11.1. The van der Waals surface area contributed by atoms with Crippen LogP contribution in [0.3, 0.4) is 0 Å². The third kappa shape index (κ3) is 10.3. The van der Waals surface area contributed by atoms with Gasteiger partial charge in [-0.1, -0.05) is 63.4 Å². The molecule has 2 N–H and O–H groups in total. The van der Waals surface area contributed by atoms with Crippen LogP contribution in [0.1, 0.15) is 52.2 Å². The number of benzene rings is 1. The molecule has 0 bridgehead atoms. The highest BCUT2D eigenvalue weighted by atomic mass is 16.6. The van der Waals surface area contributed by atoms with Gasteiger partial charge >= 0.3 is 12.1 Å². The fourth-order valence-corrected chi connectivity index (χ4v) is 2.03. The van der Waals surface area contributed by atoms with Crippen molar-refractivity contribution in [1.82, 2.24) is 5.32 Å². The summed E-state index contributed by atoms with van der Waals surface area (Å²) in [7, 11) is 0. The fraction of sp³-hybridized carbons (Fsp3) is 0.429. The fourth-order valence-electron chi connectivity index (χ4n) is 2.03. The molecule has 0 fully saturated rings. The number of aliphatic carboxylic acids is 1. The van der Waals surface area contributed by atoms with Gasteiger partial charge in [-0.15, -0.1) is 0 Å². The van der Waals surface area contributed by atoms with Gasteiger partial charge in [0.15, 0.2) is 0 Å². The zero-order valence-electron chi connectivity index (χ0n) is 16.4. The molecule has 0 aliphatic heterocycles. The molecule has 5 heteroatoms. The SMILES string of the molecule is C=Cc1ccccc1C=C.CC(C)C[C@H](NC(=O)OC(C)(C)C)C(=O)O. The van der Waals surface area contributed by atoms with E-state index >= 15 is 0 Å². The van der Waals surface area contributed by atoms with Crippen LogP contribution in [0.4, 0.5) is 4.79 Å². The van der Waals surface area contributed by atoms with Crippen molar-refractivity contribution < 1.29 is 19.4 Å². The minimum absolute atomic E-state index is 0.191. The molecule has 1 atom stereocenters. The Morgan fingerprint density at radius 2 is 1.62 bits per heavy atom. The monoisotopic (exact) mass is 361 g/mol. The van der Waals surface area contributed by atoms with E-state index in [1.165, 1.54) is 0 Å². The number of carbonyl (C=O) groups is 2. The van der Waals surface area contributed by atoms with Crippen molar-refractivity contribution in [3.63, 3.8) is 0 Å². The highest BCUT2D eigenvalue weighted by molar-refractivity contribution is 5.80. The lowest BCUT2D eigenvalue weighted by molar-refractivity contribution is -0.139. The van der Waals surface area contributed by atoms with Gasteiger partial charge in [0.05, 0.1) is 0 Å². The lowest BCUT2D eigenvalue weighted by Gasteiger charge is -2.22. The van der Waals surface area contributed by atoms with Crippen molar-refractivity contribution in [2.45, 2.75) is 52.7 Å². The number of nitrogens with one attached hydrogen (secondary N) is 1. The second-order valence-electron chi connectivity index (χ2n) is 7.20. The molecule has 1 rings (SSSR count). The number of alkyl carbamates (subject to hydrolysis) is 1. The summed E-state index contributed by atoms with van der Waals surface area (Å²) >= 11 is 0. The maximum Gasteiger partial charge on any atom is 0.408 e. The average molecular weight is 361 g/mol. The van der Waals surface area contributed by atoms with Gasteiger partial charge in [-0.2, -0.15) is 0 Å². The molecule has 0 saturated heterocycles. The van der Waals surface area contributed by atoms with Gasteiger partial charge in [0, 0.05) is 0 Å². The number of ether oxygens (including phenoxy) is 1. The number of amides is 1. The van der Waals surface area contributed by atoms with Gasteiger partial charge in [-0.3, -0.25) is 0 Å². The van der Waals surface area contributed by atoms with Gasteiger partial charge in [0.25, 0.3) is 0 Å². The van der Waals surface area contributed by atoms with Crippen LogP contribution in [0.5, 0.6) is 0 Å². The Balaban J connectivity index is 0.000000531. The van der Waals surface area contributed by atoms with Gasteiger partial charge in [-0.25, -0.2) is 9.59 Å². The number of rotatable bonds is 6. The van der Waals surface area contributed by atoms with E-state index in [4.69, 9.17) is 9.84 Å². The molecule has 26 heavy (non-hydrogen) atoms. The van der Waals surface area contributed by atoms with Crippen molar-refractivity contribution in [2.24, 2.45) is 5.92 Å². The molecular formula is C21H31NO4. The smallest absolute Gasteiger partial charge is 0.408 e. The first-order valence-electron chi connectivity index (χ1n) is 8.56. The van der Waals surface area contributed by atoms with E-state index in [2.05, 4.69) is 18.5 Å². The average Bonchev–Trinajstić information content (AvgIpc) is 2.52. The molecule has 0 spiro atoms. The number of carbonyl (C=O) groups excluding carboxylic acids is 1. The molecule has 1 aromatic carbocycles. The van der Waals surface area contributed by atoms with Crippen LogP contribution in [0.15, 0.2) is 37.4 Å². The molecule has 0 heterocycles. The van der Waals surface area contributed by atoms with Crippen LogP contribution in [0.2, 0.25) is 0 Å². The van der Waals surface area contributed by atoms with Crippen LogP contribution >= 0.6 is 0 Å². The van der Waals surface area contributed by atoms with E-state index in [-0.39, 0.29) is 5.92 Å². The first kappa shape index (κ1) is 23.4. The maximum atomic E-state index is 11.4. The Morgan fingerprint density at radius 1 is 1.15 bits per heavy atom. The van der Waals surface area contributed by atoms with E-state index in [1.54, 1.807) is 20.8 Å². The number of hydrogen-bond acceptors (Lipinski definition) is 3. The van der Waals surface area contributed by atoms with E-state index in [1.807, 2.05) is 50.3 Å². The first-order valence-corrected chi connectivity index (χ1v) is 8.56. The Hall–Kier alpha value is -2.56. The molecular weight excluding hydrogens is 330 g/mol. The van der Waals surface area contributed by atoms with E-state index in [0.717, 1.165) is 11.1 Å². The third-order valence-corrected chi connectivity index (χ3v) is 3.13. The number of hydrogen-bond donors (Lipinski definition) is 2. The van der Waals surface area contributed by atoms with Crippen LogP contribution in [-0.4, -0.2) is 28.8 Å². The molecule has 1 aromatic rings. The lowest BCUT2D eigenvalue weighted by atomic mass is 10.0. The van der Waals surface area contributed by atoms with E-state index in [9.17, 15) is 9.59 Å².